The van der Waals surface area contributed by atoms with Crippen LogP contribution in [-0.4, -0.2) is 9.55 Å². The number of alkyl halides is 1. The van der Waals surface area contributed by atoms with Gasteiger partial charge < -0.3 is 4.57 Å². The topological polar surface area (TPSA) is 17.8 Å². The average molecular weight is 305 g/mol. The maximum absolute atomic E-state index is 6.03. The Kier molecular flexibility index (Phi) is 3.68. The molecule has 0 aliphatic heterocycles. The van der Waals surface area contributed by atoms with E-state index in [1.165, 1.54) is 11.1 Å². The third-order valence-electron chi connectivity index (χ3n) is 3.50. The zero-order valence-corrected chi connectivity index (χ0v) is 12.6. The molecule has 2 aromatic carbocycles. The molecule has 1 aromatic heterocycles. The van der Waals surface area contributed by atoms with Crippen molar-refractivity contribution < 1.29 is 0 Å². The highest BCUT2D eigenvalue weighted by molar-refractivity contribution is 6.31. The van der Waals surface area contributed by atoms with Crippen LogP contribution < -0.4 is 0 Å². The van der Waals surface area contributed by atoms with E-state index in [2.05, 4.69) is 34.7 Å². The van der Waals surface area contributed by atoms with Gasteiger partial charge in [0, 0.05) is 11.6 Å². The van der Waals surface area contributed by atoms with Gasteiger partial charge in [0.1, 0.15) is 5.82 Å². The Morgan fingerprint density at radius 1 is 1.15 bits per heavy atom. The van der Waals surface area contributed by atoms with Crippen molar-refractivity contribution in [1.29, 1.82) is 0 Å². The van der Waals surface area contributed by atoms with Gasteiger partial charge in [0.05, 0.1) is 16.9 Å². The number of hydrogen-bond donors (Lipinski definition) is 0. The minimum absolute atomic E-state index is 0.387. The Hall–Kier alpha value is -1.51. The van der Waals surface area contributed by atoms with E-state index in [1.807, 2.05) is 24.3 Å². The molecule has 2 nitrogen and oxygen atoms in total. The molecule has 0 aliphatic rings. The Labute approximate surface area is 128 Å². The van der Waals surface area contributed by atoms with Crippen molar-refractivity contribution in [1.82, 2.24) is 9.55 Å². The third-order valence-corrected chi connectivity index (χ3v) is 3.97. The largest absolute Gasteiger partial charge is 0.322 e. The molecule has 0 N–H and O–H groups in total. The van der Waals surface area contributed by atoms with E-state index in [0.717, 1.165) is 23.4 Å². The molecule has 0 amide bonds. The average Bonchev–Trinajstić information content (AvgIpc) is 2.78. The van der Waals surface area contributed by atoms with Crippen LogP contribution in [0, 0.1) is 6.92 Å². The van der Waals surface area contributed by atoms with Crippen LogP contribution in [0.2, 0.25) is 5.02 Å². The summed E-state index contributed by atoms with van der Waals surface area (Å²) in [6.45, 7) is 2.89. The number of aromatic nitrogens is 2. The number of benzene rings is 2. The van der Waals surface area contributed by atoms with Gasteiger partial charge in [-0.25, -0.2) is 4.98 Å². The lowest BCUT2D eigenvalue weighted by molar-refractivity contribution is 0.774. The number of imidazole rings is 1. The van der Waals surface area contributed by atoms with Gasteiger partial charge >= 0.3 is 0 Å². The summed E-state index contributed by atoms with van der Waals surface area (Å²) in [6, 6.07) is 14.1. The Morgan fingerprint density at radius 2 is 1.95 bits per heavy atom. The number of hydrogen-bond acceptors (Lipinski definition) is 1. The highest BCUT2D eigenvalue weighted by Crippen LogP contribution is 2.23. The van der Waals surface area contributed by atoms with E-state index < -0.39 is 0 Å². The molecular weight excluding hydrogens is 291 g/mol. The fourth-order valence-corrected chi connectivity index (χ4v) is 2.76. The third kappa shape index (κ3) is 2.41. The highest BCUT2D eigenvalue weighted by Gasteiger charge is 2.11. The quantitative estimate of drug-likeness (QED) is 0.636. The van der Waals surface area contributed by atoms with Crippen molar-refractivity contribution >= 4 is 34.2 Å². The molecule has 0 fully saturated rings. The number of halogens is 2. The first kappa shape index (κ1) is 13.5. The van der Waals surface area contributed by atoms with Crippen LogP contribution in [0.25, 0.3) is 11.0 Å². The zero-order chi connectivity index (χ0) is 14.1. The minimum Gasteiger partial charge on any atom is -0.322 e. The van der Waals surface area contributed by atoms with Gasteiger partial charge in [-0.2, -0.15) is 0 Å². The minimum atomic E-state index is 0.387. The summed E-state index contributed by atoms with van der Waals surface area (Å²) in [6.07, 6.45) is 0. The van der Waals surface area contributed by atoms with Gasteiger partial charge in [0.2, 0.25) is 0 Å². The van der Waals surface area contributed by atoms with Crippen molar-refractivity contribution in [3.8, 4) is 0 Å². The Morgan fingerprint density at radius 3 is 2.70 bits per heavy atom. The van der Waals surface area contributed by atoms with Crippen LogP contribution in [0.15, 0.2) is 42.5 Å². The van der Waals surface area contributed by atoms with Crippen LogP contribution in [0.1, 0.15) is 17.0 Å². The predicted octanol–water partition coefficient (Wildman–Crippen LogP) is 4.79. The molecule has 3 rings (SSSR count). The molecule has 0 spiro atoms. The van der Waals surface area contributed by atoms with E-state index in [1.54, 1.807) is 0 Å². The maximum atomic E-state index is 6.03. The molecule has 102 valence electrons. The number of rotatable bonds is 3. The molecule has 20 heavy (non-hydrogen) atoms. The molecule has 0 bridgehead atoms. The highest BCUT2D eigenvalue weighted by atomic mass is 35.5. The van der Waals surface area contributed by atoms with E-state index in [0.29, 0.717) is 10.9 Å². The van der Waals surface area contributed by atoms with Gasteiger partial charge in [-0.15, -0.1) is 11.6 Å². The van der Waals surface area contributed by atoms with Gasteiger partial charge in [0.25, 0.3) is 0 Å². The molecule has 0 aliphatic carbocycles. The normalized spacial score (nSPS) is 11.2. The lowest BCUT2D eigenvalue weighted by atomic mass is 10.1. The van der Waals surface area contributed by atoms with Gasteiger partial charge in [-0.05, 0) is 36.2 Å². The lowest BCUT2D eigenvalue weighted by Gasteiger charge is -2.10. The molecule has 0 unspecified atom stereocenters. The summed E-state index contributed by atoms with van der Waals surface area (Å²) in [5.74, 6) is 1.25. The SMILES string of the molecule is Cc1ccccc1Cn1c(CCl)nc2cc(Cl)ccc21. The molecule has 0 atom stereocenters. The van der Waals surface area contributed by atoms with E-state index >= 15 is 0 Å². The Balaban J connectivity index is 2.12. The summed E-state index contributed by atoms with van der Waals surface area (Å²) >= 11 is 12.1. The van der Waals surface area contributed by atoms with Gasteiger partial charge in [-0.3, -0.25) is 0 Å². The van der Waals surface area contributed by atoms with Crippen molar-refractivity contribution in [2.45, 2.75) is 19.3 Å². The van der Waals surface area contributed by atoms with Crippen LogP contribution >= 0.6 is 23.2 Å². The maximum Gasteiger partial charge on any atom is 0.125 e. The van der Waals surface area contributed by atoms with Crippen LogP contribution in [0.4, 0.5) is 0 Å². The van der Waals surface area contributed by atoms with E-state index in [-0.39, 0.29) is 0 Å². The summed E-state index contributed by atoms with van der Waals surface area (Å²) in [5.41, 5.74) is 4.49. The first-order valence-corrected chi connectivity index (χ1v) is 7.35. The lowest BCUT2D eigenvalue weighted by Crippen LogP contribution is -2.05. The zero-order valence-electron chi connectivity index (χ0n) is 11.1. The standard InChI is InChI=1S/C16H14Cl2N2/c1-11-4-2-3-5-12(11)10-20-15-7-6-13(18)8-14(15)19-16(20)9-17/h2-8H,9-10H2,1H3. The second kappa shape index (κ2) is 5.47. The number of nitrogens with zero attached hydrogens (tertiary/aromatic N) is 2. The predicted molar refractivity (Wildman–Crippen MR) is 84.6 cm³/mol. The first-order chi connectivity index (χ1) is 9.69. The van der Waals surface area contributed by atoms with E-state index in [9.17, 15) is 0 Å². The fourth-order valence-electron chi connectivity index (χ4n) is 2.39. The smallest absolute Gasteiger partial charge is 0.125 e. The first-order valence-electron chi connectivity index (χ1n) is 6.44. The van der Waals surface area contributed by atoms with Crippen molar-refractivity contribution in [3.63, 3.8) is 0 Å². The molecule has 1 heterocycles. The van der Waals surface area contributed by atoms with Gasteiger partial charge in [-0.1, -0.05) is 35.9 Å². The molecule has 0 saturated heterocycles. The van der Waals surface area contributed by atoms with Crippen molar-refractivity contribution in [3.05, 3.63) is 64.4 Å². The van der Waals surface area contributed by atoms with Crippen LogP contribution in [0.5, 0.6) is 0 Å². The van der Waals surface area contributed by atoms with Gasteiger partial charge in [0.15, 0.2) is 0 Å². The monoisotopic (exact) mass is 304 g/mol. The Bertz CT molecular complexity index is 762. The summed E-state index contributed by atoms with van der Waals surface area (Å²) < 4.78 is 2.15. The van der Waals surface area contributed by atoms with E-state index in [4.69, 9.17) is 23.2 Å². The number of aryl methyl sites for hydroxylation is 1. The number of fused-ring (bicyclic) bond motifs is 1. The van der Waals surface area contributed by atoms with Crippen LogP contribution in [0.3, 0.4) is 0 Å². The fraction of sp³-hybridized carbons (Fsp3) is 0.188. The van der Waals surface area contributed by atoms with Crippen molar-refractivity contribution in [2.75, 3.05) is 0 Å². The molecule has 0 radical (unpaired) electrons. The summed E-state index contributed by atoms with van der Waals surface area (Å²) in [7, 11) is 0. The summed E-state index contributed by atoms with van der Waals surface area (Å²) in [4.78, 5) is 4.56. The second-order valence-corrected chi connectivity index (χ2v) is 5.51. The summed E-state index contributed by atoms with van der Waals surface area (Å²) in [5, 5.41) is 0.694. The molecule has 0 saturated carbocycles. The molecule has 3 aromatic rings. The second-order valence-electron chi connectivity index (χ2n) is 4.81. The molecular formula is C16H14Cl2N2. The van der Waals surface area contributed by atoms with Crippen molar-refractivity contribution in [2.24, 2.45) is 0 Å². The van der Waals surface area contributed by atoms with Crippen LogP contribution in [-0.2, 0) is 12.4 Å². The molecule has 4 heteroatoms.